The van der Waals surface area contributed by atoms with Crippen molar-refractivity contribution in [1.29, 1.82) is 0 Å². The number of carbonyl (C=O) groups is 1. The molecule has 0 aliphatic carbocycles. The molecular weight excluding hydrogens is 362 g/mol. The summed E-state index contributed by atoms with van der Waals surface area (Å²) in [5.74, 6) is 2.46. The SMILES string of the molecule is COc1ccc(-c2noc(C3CCCN(C(=O)c4ccco4)C3)n2)cc1OC. The molecule has 2 aromatic heterocycles. The van der Waals surface area contributed by atoms with Gasteiger partial charge in [0.25, 0.3) is 5.91 Å². The average Bonchev–Trinajstić information content (AvgIpc) is 3.45. The van der Waals surface area contributed by atoms with E-state index in [9.17, 15) is 4.79 Å². The van der Waals surface area contributed by atoms with Crippen molar-refractivity contribution >= 4 is 5.91 Å². The van der Waals surface area contributed by atoms with Crippen LogP contribution in [0.2, 0.25) is 0 Å². The van der Waals surface area contributed by atoms with Crippen molar-refractivity contribution in [3.63, 3.8) is 0 Å². The predicted octanol–water partition coefficient (Wildman–Crippen LogP) is 3.37. The molecule has 1 unspecified atom stereocenters. The van der Waals surface area contributed by atoms with Crippen LogP contribution in [0, 0.1) is 0 Å². The number of hydrogen-bond donors (Lipinski definition) is 0. The molecule has 1 aromatic carbocycles. The number of furan rings is 1. The molecule has 1 amide bonds. The maximum absolute atomic E-state index is 12.5. The Morgan fingerprint density at radius 1 is 1.21 bits per heavy atom. The average molecular weight is 383 g/mol. The van der Waals surface area contributed by atoms with Crippen molar-refractivity contribution in [2.45, 2.75) is 18.8 Å². The Labute approximate surface area is 162 Å². The zero-order chi connectivity index (χ0) is 19.5. The Bertz CT molecular complexity index is 951. The molecule has 8 heteroatoms. The Morgan fingerprint density at radius 3 is 2.82 bits per heavy atom. The van der Waals surface area contributed by atoms with E-state index in [0.29, 0.717) is 42.1 Å². The Hall–Kier alpha value is -3.29. The van der Waals surface area contributed by atoms with Gasteiger partial charge in [-0.05, 0) is 43.2 Å². The Kier molecular flexibility index (Phi) is 5.01. The van der Waals surface area contributed by atoms with Crippen molar-refractivity contribution in [2.24, 2.45) is 0 Å². The highest BCUT2D eigenvalue weighted by Crippen LogP contribution is 2.33. The summed E-state index contributed by atoms with van der Waals surface area (Å²) >= 11 is 0. The molecule has 1 aliphatic heterocycles. The van der Waals surface area contributed by atoms with Crippen LogP contribution in [0.3, 0.4) is 0 Å². The van der Waals surface area contributed by atoms with E-state index in [1.165, 1.54) is 6.26 Å². The van der Waals surface area contributed by atoms with Crippen LogP contribution in [0.5, 0.6) is 11.5 Å². The summed E-state index contributed by atoms with van der Waals surface area (Å²) in [4.78, 5) is 18.9. The van der Waals surface area contributed by atoms with Crippen molar-refractivity contribution in [1.82, 2.24) is 15.0 Å². The van der Waals surface area contributed by atoms with Gasteiger partial charge in [0.1, 0.15) is 0 Å². The highest BCUT2D eigenvalue weighted by molar-refractivity contribution is 5.91. The van der Waals surface area contributed by atoms with Gasteiger partial charge in [0, 0.05) is 18.7 Å². The summed E-state index contributed by atoms with van der Waals surface area (Å²) in [7, 11) is 3.17. The number of rotatable bonds is 5. The number of nitrogens with zero attached hydrogens (tertiary/aromatic N) is 3. The van der Waals surface area contributed by atoms with E-state index >= 15 is 0 Å². The number of methoxy groups -OCH3 is 2. The molecule has 0 bridgehead atoms. The van der Waals surface area contributed by atoms with Gasteiger partial charge in [-0.15, -0.1) is 0 Å². The van der Waals surface area contributed by atoms with Gasteiger partial charge < -0.3 is 23.3 Å². The lowest BCUT2D eigenvalue weighted by Gasteiger charge is -2.30. The van der Waals surface area contributed by atoms with Gasteiger partial charge >= 0.3 is 0 Å². The maximum Gasteiger partial charge on any atom is 0.289 e. The molecule has 1 fully saturated rings. The smallest absolute Gasteiger partial charge is 0.289 e. The van der Waals surface area contributed by atoms with E-state index in [0.717, 1.165) is 18.4 Å². The van der Waals surface area contributed by atoms with Gasteiger partial charge in [0.15, 0.2) is 17.3 Å². The normalized spacial score (nSPS) is 16.8. The van der Waals surface area contributed by atoms with Crippen LogP contribution in [0.4, 0.5) is 0 Å². The molecule has 0 saturated carbocycles. The lowest BCUT2D eigenvalue weighted by atomic mass is 9.97. The van der Waals surface area contributed by atoms with Gasteiger partial charge in [-0.2, -0.15) is 4.98 Å². The first-order valence-electron chi connectivity index (χ1n) is 9.08. The minimum Gasteiger partial charge on any atom is -0.493 e. The monoisotopic (exact) mass is 383 g/mol. The first-order valence-corrected chi connectivity index (χ1v) is 9.08. The molecule has 1 aliphatic rings. The molecule has 1 atom stereocenters. The zero-order valence-electron chi connectivity index (χ0n) is 15.8. The molecule has 8 nitrogen and oxygen atoms in total. The topological polar surface area (TPSA) is 90.8 Å². The molecule has 146 valence electrons. The molecule has 1 saturated heterocycles. The van der Waals surface area contributed by atoms with Crippen LogP contribution in [-0.2, 0) is 0 Å². The first-order chi connectivity index (χ1) is 13.7. The minimum atomic E-state index is -0.116. The lowest BCUT2D eigenvalue weighted by Crippen LogP contribution is -2.39. The number of ether oxygens (including phenoxy) is 2. The summed E-state index contributed by atoms with van der Waals surface area (Å²) in [6.45, 7) is 1.21. The van der Waals surface area contributed by atoms with Crippen LogP contribution < -0.4 is 9.47 Å². The van der Waals surface area contributed by atoms with E-state index in [1.807, 2.05) is 6.07 Å². The molecule has 0 radical (unpaired) electrons. The van der Waals surface area contributed by atoms with Crippen LogP contribution >= 0.6 is 0 Å². The van der Waals surface area contributed by atoms with E-state index in [2.05, 4.69) is 10.1 Å². The van der Waals surface area contributed by atoms with Crippen molar-refractivity contribution < 1.29 is 23.2 Å². The fraction of sp³-hybridized carbons (Fsp3) is 0.350. The zero-order valence-corrected chi connectivity index (χ0v) is 15.8. The molecule has 3 heterocycles. The van der Waals surface area contributed by atoms with E-state index in [-0.39, 0.29) is 11.8 Å². The van der Waals surface area contributed by atoms with Crippen molar-refractivity contribution in [3.05, 3.63) is 48.2 Å². The largest absolute Gasteiger partial charge is 0.493 e. The molecule has 4 rings (SSSR count). The van der Waals surface area contributed by atoms with E-state index in [1.54, 1.807) is 43.4 Å². The molecule has 3 aromatic rings. The summed E-state index contributed by atoms with van der Waals surface area (Å²) in [5.41, 5.74) is 0.770. The van der Waals surface area contributed by atoms with Crippen molar-refractivity contribution in [2.75, 3.05) is 27.3 Å². The third kappa shape index (κ3) is 3.45. The fourth-order valence-electron chi connectivity index (χ4n) is 3.41. The van der Waals surface area contributed by atoms with E-state index in [4.69, 9.17) is 18.4 Å². The second-order valence-corrected chi connectivity index (χ2v) is 6.59. The summed E-state index contributed by atoms with van der Waals surface area (Å²) < 4.78 is 21.3. The number of aromatic nitrogens is 2. The molecule has 0 N–H and O–H groups in total. The van der Waals surface area contributed by atoms with Gasteiger partial charge in [0.2, 0.25) is 11.7 Å². The second kappa shape index (κ2) is 7.75. The highest BCUT2D eigenvalue weighted by atomic mass is 16.5. The first kappa shape index (κ1) is 18.1. The number of amides is 1. The summed E-state index contributed by atoms with van der Waals surface area (Å²) in [5, 5.41) is 4.11. The number of hydrogen-bond acceptors (Lipinski definition) is 7. The van der Waals surface area contributed by atoms with Gasteiger partial charge in [-0.25, -0.2) is 0 Å². The van der Waals surface area contributed by atoms with Gasteiger partial charge in [-0.1, -0.05) is 5.16 Å². The molecular formula is C20H21N3O5. The van der Waals surface area contributed by atoms with Gasteiger partial charge in [-0.3, -0.25) is 4.79 Å². The molecule has 28 heavy (non-hydrogen) atoms. The maximum atomic E-state index is 12.5. The number of piperidine rings is 1. The number of benzene rings is 1. The number of carbonyl (C=O) groups excluding carboxylic acids is 1. The quantitative estimate of drug-likeness (QED) is 0.667. The minimum absolute atomic E-state index is 0.00550. The fourth-order valence-corrected chi connectivity index (χ4v) is 3.41. The van der Waals surface area contributed by atoms with Crippen LogP contribution in [0.15, 0.2) is 45.5 Å². The predicted molar refractivity (Wildman–Crippen MR) is 99.4 cm³/mol. The standard InChI is InChI=1S/C20H21N3O5/c1-25-15-8-7-13(11-17(15)26-2)18-21-19(28-22-18)14-5-3-9-23(12-14)20(24)16-6-4-10-27-16/h4,6-8,10-11,14H,3,5,9,12H2,1-2H3. The van der Waals surface area contributed by atoms with Crippen molar-refractivity contribution in [3.8, 4) is 22.9 Å². The summed E-state index contributed by atoms with van der Waals surface area (Å²) in [6, 6.07) is 8.84. The Morgan fingerprint density at radius 2 is 2.07 bits per heavy atom. The van der Waals surface area contributed by atoms with Gasteiger partial charge in [0.05, 0.1) is 26.4 Å². The van der Waals surface area contributed by atoms with Crippen LogP contribution in [0.25, 0.3) is 11.4 Å². The van der Waals surface area contributed by atoms with Crippen LogP contribution in [0.1, 0.15) is 35.2 Å². The Balaban J connectivity index is 1.52. The third-order valence-corrected chi connectivity index (χ3v) is 4.87. The third-order valence-electron chi connectivity index (χ3n) is 4.87. The lowest BCUT2D eigenvalue weighted by molar-refractivity contribution is 0.0663. The molecule has 0 spiro atoms. The van der Waals surface area contributed by atoms with E-state index < -0.39 is 0 Å². The number of likely N-dealkylation sites (tertiary alicyclic amines) is 1. The van der Waals surface area contributed by atoms with Crippen LogP contribution in [-0.4, -0.2) is 48.3 Å². The second-order valence-electron chi connectivity index (χ2n) is 6.59. The summed E-state index contributed by atoms with van der Waals surface area (Å²) in [6.07, 6.45) is 3.25. The highest BCUT2D eigenvalue weighted by Gasteiger charge is 2.30.